The van der Waals surface area contributed by atoms with Crippen LogP contribution in [0.25, 0.3) is 49.5 Å². The number of pyridine rings is 1. The molecule has 4 heteroatoms. The van der Waals surface area contributed by atoms with Crippen molar-refractivity contribution in [1.82, 2.24) is 4.57 Å². The molecule has 3 aromatic heterocycles. The summed E-state index contributed by atoms with van der Waals surface area (Å²) in [6.45, 7) is 5.27. The van der Waals surface area contributed by atoms with Gasteiger partial charge in [-0.05, 0) is 54.1 Å². The largest absolute Gasteiger partial charge is 0.388 e. The number of aromatic nitrogens is 2. The molecule has 0 bridgehead atoms. The highest BCUT2D eigenvalue weighted by molar-refractivity contribution is 6.19. The molecule has 0 saturated carbocycles. The van der Waals surface area contributed by atoms with Crippen LogP contribution in [0.2, 0.25) is 0 Å². The maximum absolute atomic E-state index is 6.57. The summed E-state index contributed by atoms with van der Waals surface area (Å²) in [7, 11) is 0. The van der Waals surface area contributed by atoms with Crippen LogP contribution in [0, 0.1) is 13.8 Å². The van der Waals surface area contributed by atoms with Crippen LogP contribution in [0.1, 0.15) is 16.7 Å². The lowest BCUT2D eigenvalue weighted by atomic mass is 9.95. The highest BCUT2D eigenvalue weighted by Gasteiger charge is 2.28. The number of nitrogens with two attached hydrogens (primary N) is 1. The summed E-state index contributed by atoms with van der Waals surface area (Å²) < 4.78 is 10.7. The van der Waals surface area contributed by atoms with E-state index in [4.69, 9.17) is 10.2 Å². The number of hydrogen-bond donors (Lipinski definition) is 1. The quantitative estimate of drug-likeness (QED) is 0.279. The van der Waals surface area contributed by atoms with Crippen LogP contribution >= 0.6 is 0 Å². The van der Waals surface area contributed by atoms with Gasteiger partial charge in [0.2, 0.25) is 0 Å². The number of nitrogen functional groups attached to an aromatic ring is 1. The van der Waals surface area contributed by atoms with Crippen LogP contribution < -0.4 is 10.1 Å². The highest BCUT2D eigenvalue weighted by Crippen LogP contribution is 2.41. The second-order valence-corrected chi connectivity index (χ2v) is 9.52. The Bertz CT molecular complexity index is 1930. The molecule has 36 heavy (non-hydrogen) atoms. The van der Waals surface area contributed by atoms with Gasteiger partial charge in [0.25, 0.3) is 11.4 Å². The lowest BCUT2D eigenvalue weighted by molar-refractivity contribution is -0.502. The molecule has 4 aromatic carbocycles. The fraction of sp³-hybridized carbons (Fsp3) is 0.0938. The molecular weight excluding hydrogens is 442 g/mol. The van der Waals surface area contributed by atoms with Crippen molar-refractivity contribution in [2.24, 2.45) is 0 Å². The lowest BCUT2D eigenvalue weighted by Crippen LogP contribution is -2.21. The number of para-hydroxylation sites is 1. The average Bonchev–Trinajstić information content (AvgIpc) is 3.43. The molecule has 174 valence electrons. The third kappa shape index (κ3) is 2.85. The molecule has 0 spiro atoms. The summed E-state index contributed by atoms with van der Waals surface area (Å²) in [5.74, 6) is 1.18. The molecule has 0 amide bonds. The van der Waals surface area contributed by atoms with E-state index >= 15 is 0 Å². The molecule has 7 rings (SSSR count). The van der Waals surface area contributed by atoms with E-state index in [0.717, 1.165) is 28.9 Å². The van der Waals surface area contributed by atoms with Crippen molar-refractivity contribution in [1.29, 1.82) is 0 Å². The van der Waals surface area contributed by atoms with Gasteiger partial charge in [-0.3, -0.25) is 0 Å². The molecular formula is C32H26N3O+. The van der Waals surface area contributed by atoms with Crippen molar-refractivity contribution >= 4 is 44.0 Å². The molecule has 3 heterocycles. The second kappa shape index (κ2) is 7.72. The van der Waals surface area contributed by atoms with Crippen molar-refractivity contribution in [2.75, 3.05) is 5.73 Å². The van der Waals surface area contributed by atoms with Gasteiger partial charge in [0.05, 0.1) is 16.5 Å². The molecule has 0 saturated heterocycles. The van der Waals surface area contributed by atoms with Crippen LogP contribution in [0.4, 0.5) is 5.88 Å². The summed E-state index contributed by atoms with van der Waals surface area (Å²) in [6, 6.07) is 31.7. The van der Waals surface area contributed by atoms with Crippen LogP contribution in [0.5, 0.6) is 0 Å². The Morgan fingerprint density at radius 3 is 2.22 bits per heavy atom. The van der Waals surface area contributed by atoms with E-state index in [1.165, 1.54) is 43.9 Å². The first-order valence-electron chi connectivity index (χ1n) is 12.3. The topological polar surface area (TPSA) is 48.2 Å². The van der Waals surface area contributed by atoms with Crippen molar-refractivity contribution < 1.29 is 8.82 Å². The van der Waals surface area contributed by atoms with Crippen molar-refractivity contribution in [3.63, 3.8) is 0 Å². The van der Waals surface area contributed by atoms with E-state index in [2.05, 4.69) is 89.7 Å². The maximum atomic E-state index is 6.57. The van der Waals surface area contributed by atoms with Crippen molar-refractivity contribution in [3.05, 3.63) is 114 Å². The number of fused-ring (bicyclic) bond motifs is 6. The van der Waals surface area contributed by atoms with Crippen molar-refractivity contribution in [2.45, 2.75) is 20.4 Å². The maximum Gasteiger partial charge on any atom is 0.388 e. The van der Waals surface area contributed by atoms with E-state index in [1.54, 1.807) is 0 Å². The summed E-state index contributed by atoms with van der Waals surface area (Å²) in [4.78, 5) is 0. The fourth-order valence-electron chi connectivity index (χ4n) is 5.89. The second-order valence-electron chi connectivity index (χ2n) is 9.52. The lowest BCUT2D eigenvalue weighted by Gasteiger charge is -2.13. The Hall–Kier alpha value is -4.57. The first-order chi connectivity index (χ1) is 17.6. The standard InChI is InChI=1S/C32H26N3O/c1-20-24-17-18-34-30(31(33)36-32(34)23-13-7-4-8-14-23)27(24)21(2)28-25-15-9-10-16-26(25)35(29(20)28)19-22-11-5-3-6-12-22/h3-18H,19,33H2,1-2H3/q+1. The van der Waals surface area contributed by atoms with E-state index in [-0.39, 0.29) is 0 Å². The Morgan fingerprint density at radius 1 is 0.750 bits per heavy atom. The molecule has 0 atom stereocenters. The minimum absolute atomic E-state index is 0.439. The molecule has 0 aliphatic rings. The molecule has 7 aromatic rings. The van der Waals surface area contributed by atoms with E-state index in [0.29, 0.717) is 5.88 Å². The number of anilines is 1. The van der Waals surface area contributed by atoms with Gasteiger partial charge in [0.1, 0.15) is 0 Å². The smallest absolute Gasteiger partial charge is 0.381 e. The Kier molecular flexibility index (Phi) is 4.45. The summed E-state index contributed by atoms with van der Waals surface area (Å²) in [5, 5.41) is 4.89. The van der Waals surface area contributed by atoms with Gasteiger partial charge >= 0.3 is 5.89 Å². The molecule has 0 fully saturated rings. The fourth-order valence-corrected chi connectivity index (χ4v) is 5.89. The summed E-state index contributed by atoms with van der Waals surface area (Å²) in [5.41, 5.74) is 14.8. The average molecular weight is 469 g/mol. The number of hydrogen-bond acceptors (Lipinski definition) is 2. The minimum Gasteiger partial charge on any atom is -0.381 e. The number of aryl methyl sites for hydroxylation is 2. The number of nitrogens with zero attached hydrogens (tertiary/aromatic N) is 2. The number of rotatable bonds is 3. The van der Waals surface area contributed by atoms with E-state index in [1.807, 2.05) is 30.3 Å². The zero-order chi connectivity index (χ0) is 24.4. The zero-order valence-electron chi connectivity index (χ0n) is 20.3. The SMILES string of the molecule is Cc1c2c3ccccc3n(Cc3ccccc3)c2c(C)c2cc[n+]3c(-c4ccccc4)oc(N)c3c12. The minimum atomic E-state index is 0.439. The van der Waals surface area contributed by atoms with E-state index in [9.17, 15) is 0 Å². The van der Waals surface area contributed by atoms with Crippen molar-refractivity contribution in [3.8, 4) is 11.5 Å². The molecule has 0 aliphatic carbocycles. The van der Waals surface area contributed by atoms with Crippen LogP contribution in [0.3, 0.4) is 0 Å². The monoisotopic (exact) mass is 468 g/mol. The molecule has 0 aliphatic heterocycles. The van der Waals surface area contributed by atoms with Gasteiger partial charge in [0.15, 0.2) is 6.20 Å². The first kappa shape index (κ1) is 20.8. The van der Waals surface area contributed by atoms with Gasteiger partial charge in [-0.15, -0.1) is 4.40 Å². The number of oxazole rings is 1. The van der Waals surface area contributed by atoms with E-state index < -0.39 is 0 Å². The predicted molar refractivity (Wildman–Crippen MR) is 147 cm³/mol. The molecule has 2 N–H and O–H groups in total. The predicted octanol–water partition coefficient (Wildman–Crippen LogP) is 7.19. The third-order valence-electron chi connectivity index (χ3n) is 7.48. The number of benzene rings is 4. The third-order valence-corrected chi connectivity index (χ3v) is 7.48. The summed E-state index contributed by atoms with van der Waals surface area (Å²) >= 11 is 0. The normalized spacial score (nSPS) is 11.8. The van der Waals surface area contributed by atoms with Crippen LogP contribution in [0.15, 0.2) is 102 Å². The van der Waals surface area contributed by atoms with Gasteiger partial charge < -0.3 is 14.7 Å². The van der Waals surface area contributed by atoms with Crippen LogP contribution in [-0.2, 0) is 6.54 Å². The highest BCUT2D eigenvalue weighted by atomic mass is 16.4. The zero-order valence-corrected chi connectivity index (χ0v) is 20.3. The summed E-state index contributed by atoms with van der Waals surface area (Å²) in [6.07, 6.45) is 2.09. The van der Waals surface area contributed by atoms with Gasteiger partial charge in [0, 0.05) is 28.9 Å². The molecule has 4 nitrogen and oxygen atoms in total. The van der Waals surface area contributed by atoms with Crippen LogP contribution in [-0.4, -0.2) is 4.57 Å². The van der Waals surface area contributed by atoms with Gasteiger partial charge in [-0.1, -0.05) is 66.7 Å². The van der Waals surface area contributed by atoms with Gasteiger partial charge in [-0.2, -0.15) is 0 Å². The van der Waals surface area contributed by atoms with Gasteiger partial charge in [-0.25, -0.2) is 0 Å². The Balaban J connectivity index is 1.62. The Morgan fingerprint density at radius 2 is 1.44 bits per heavy atom. The molecule has 0 radical (unpaired) electrons. The first-order valence-corrected chi connectivity index (χ1v) is 12.3. The molecule has 0 unspecified atom stereocenters. The Labute approximate surface area is 208 Å².